The summed E-state index contributed by atoms with van der Waals surface area (Å²) in [7, 11) is 0. The third-order valence-corrected chi connectivity index (χ3v) is 12.1. The number of hydrogen-bond donors (Lipinski definition) is 0. The summed E-state index contributed by atoms with van der Waals surface area (Å²) in [5.41, 5.74) is 0. The first-order chi connectivity index (χ1) is 33.6. The normalized spacial score (nSPS) is 12.9. The fourth-order valence-electron chi connectivity index (χ4n) is 7.78. The van der Waals surface area contributed by atoms with Crippen LogP contribution in [0.4, 0.5) is 0 Å². The standard InChI is InChI=1S/C63H108O5/c1-4-7-10-13-16-19-22-25-28-31-32-34-36-39-42-45-48-51-54-57-63(65)68-61(59-66-58-55-52-49-46-43-40-37-30-27-24-21-18-15-12-9-6-3)60-67-62(64)56-53-50-47-44-41-38-35-33-29-26-23-20-17-14-11-8-5-2/h16-17,19-20,25-26,28-29,32,34-35,38-39,42,44,47,61H,4-15,18,21-24,27,30-31,33,36-37,40-41,43,45-46,48-60H2,1-3H3/b19-16-,20-17-,28-25-,29-26-,34-32-,38-35-,42-39-,47-44-/t61-/m1/s1. The lowest BCUT2D eigenvalue weighted by Crippen LogP contribution is -2.30. The number of unbranched alkanes of at least 4 members (excludes halogenated alkanes) is 25. The van der Waals surface area contributed by atoms with Crippen molar-refractivity contribution in [1.82, 2.24) is 0 Å². The topological polar surface area (TPSA) is 61.8 Å². The highest BCUT2D eigenvalue weighted by atomic mass is 16.6. The molecule has 0 unspecified atom stereocenters. The van der Waals surface area contributed by atoms with Gasteiger partial charge >= 0.3 is 11.9 Å². The Balaban J connectivity index is 4.43. The van der Waals surface area contributed by atoms with Gasteiger partial charge in [-0.1, -0.05) is 246 Å². The molecule has 0 spiro atoms. The molecule has 0 aliphatic heterocycles. The van der Waals surface area contributed by atoms with Crippen molar-refractivity contribution < 1.29 is 23.8 Å². The smallest absolute Gasteiger partial charge is 0.306 e. The highest BCUT2D eigenvalue weighted by Gasteiger charge is 2.17. The number of ether oxygens (including phenoxy) is 3. The molecule has 1 atom stereocenters. The maximum atomic E-state index is 12.9. The second kappa shape index (κ2) is 58.1. The predicted octanol–water partition coefficient (Wildman–Crippen LogP) is 19.8. The van der Waals surface area contributed by atoms with Crippen LogP contribution in [0.5, 0.6) is 0 Å². The molecule has 0 aliphatic rings. The second-order valence-electron chi connectivity index (χ2n) is 18.8. The maximum Gasteiger partial charge on any atom is 0.306 e. The number of carbonyl (C=O) groups excluding carboxylic acids is 2. The number of rotatable bonds is 52. The Morgan fingerprint density at radius 3 is 1.04 bits per heavy atom. The highest BCUT2D eigenvalue weighted by Crippen LogP contribution is 2.15. The summed E-state index contributed by atoms with van der Waals surface area (Å²) < 4.78 is 17.4. The molecule has 0 N–H and O–H groups in total. The predicted molar refractivity (Wildman–Crippen MR) is 297 cm³/mol. The largest absolute Gasteiger partial charge is 0.462 e. The minimum Gasteiger partial charge on any atom is -0.462 e. The molecule has 0 saturated carbocycles. The molecule has 0 aromatic heterocycles. The van der Waals surface area contributed by atoms with Crippen LogP contribution >= 0.6 is 0 Å². The average molecular weight is 946 g/mol. The van der Waals surface area contributed by atoms with E-state index in [0.29, 0.717) is 19.4 Å². The lowest BCUT2D eigenvalue weighted by atomic mass is 10.0. The number of allylic oxidation sites excluding steroid dienone is 16. The van der Waals surface area contributed by atoms with Gasteiger partial charge in [-0.05, 0) is 103 Å². The maximum absolute atomic E-state index is 12.9. The van der Waals surface area contributed by atoms with Crippen LogP contribution in [0.25, 0.3) is 0 Å². The lowest BCUT2D eigenvalue weighted by Gasteiger charge is -2.18. The summed E-state index contributed by atoms with van der Waals surface area (Å²) in [5, 5.41) is 0. The Kier molecular flexibility index (Phi) is 55.4. The van der Waals surface area contributed by atoms with Crippen molar-refractivity contribution in [3.63, 3.8) is 0 Å². The number of hydrogen-bond acceptors (Lipinski definition) is 5. The molecule has 5 heteroatoms. The summed E-state index contributed by atoms with van der Waals surface area (Å²) in [4.78, 5) is 25.5. The minimum atomic E-state index is -0.579. The van der Waals surface area contributed by atoms with Gasteiger partial charge in [0.05, 0.1) is 6.61 Å². The van der Waals surface area contributed by atoms with E-state index in [2.05, 4.69) is 118 Å². The molecule has 68 heavy (non-hydrogen) atoms. The van der Waals surface area contributed by atoms with Gasteiger partial charge in [-0.15, -0.1) is 0 Å². The first kappa shape index (κ1) is 64.8. The first-order valence-corrected chi connectivity index (χ1v) is 28.8. The molecule has 0 aromatic carbocycles. The third-order valence-electron chi connectivity index (χ3n) is 12.1. The van der Waals surface area contributed by atoms with Crippen molar-refractivity contribution in [3.8, 4) is 0 Å². The van der Waals surface area contributed by atoms with Gasteiger partial charge in [0.1, 0.15) is 6.61 Å². The Morgan fingerprint density at radius 2 is 0.632 bits per heavy atom. The van der Waals surface area contributed by atoms with E-state index in [1.165, 1.54) is 141 Å². The first-order valence-electron chi connectivity index (χ1n) is 28.8. The van der Waals surface area contributed by atoms with Crippen LogP contribution in [0.2, 0.25) is 0 Å². The molecule has 0 saturated heterocycles. The van der Waals surface area contributed by atoms with Gasteiger partial charge < -0.3 is 14.2 Å². The van der Waals surface area contributed by atoms with Crippen LogP contribution < -0.4 is 0 Å². The van der Waals surface area contributed by atoms with Gasteiger partial charge in [0.15, 0.2) is 6.10 Å². The summed E-state index contributed by atoms with van der Waals surface area (Å²) >= 11 is 0. The number of carbonyl (C=O) groups is 2. The monoisotopic (exact) mass is 945 g/mol. The summed E-state index contributed by atoms with van der Waals surface area (Å²) in [6.45, 7) is 7.70. The van der Waals surface area contributed by atoms with Crippen molar-refractivity contribution in [1.29, 1.82) is 0 Å². The van der Waals surface area contributed by atoms with Crippen LogP contribution in [0, 0.1) is 0 Å². The van der Waals surface area contributed by atoms with E-state index in [1.54, 1.807) is 0 Å². The van der Waals surface area contributed by atoms with Crippen molar-refractivity contribution in [2.24, 2.45) is 0 Å². The zero-order valence-electron chi connectivity index (χ0n) is 44.8. The van der Waals surface area contributed by atoms with E-state index in [-0.39, 0.29) is 25.2 Å². The molecule has 5 nitrogen and oxygen atoms in total. The molecule has 0 aliphatic carbocycles. The Hall–Kier alpha value is -3.18. The molecule has 0 aromatic rings. The van der Waals surface area contributed by atoms with Crippen molar-refractivity contribution in [2.75, 3.05) is 19.8 Å². The van der Waals surface area contributed by atoms with Gasteiger partial charge in [0.25, 0.3) is 0 Å². The summed E-state index contributed by atoms with van der Waals surface area (Å²) in [6, 6.07) is 0. The van der Waals surface area contributed by atoms with Gasteiger partial charge in [-0.25, -0.2) is 0 Å². The van der Waals surface area contributed by atoms with Crippen LogP contribution in [0.3, 0.4) is 0 Å². The SMILES string of the molecule is CCCCC/C=C\C/C=C\C/C=C\C/C=C\CCCCCC(=O)O[C@H](COCCCCCCCCCCCCCCCCCC)COC(=O)CCC/C=C\C/C=C\C/C=C\C/C=C\CCCCC. The second-order valence-corrected chi connectivity index (χ2v) is 18.8. The van der Waals surface area contributed by atoms with E-state index < -0.39 is 6.10 Å². The van der Waals surface area contributed by atoms with E-state index in [9.17, 15) is 9.59 Å². The van der Waals surface area contributed by atoms with Gasteiger partial charge in [0.2, 0.25) is 0 Å². The number of esters is 2. The molecule has 0 fully saturated rings. The Labute approximate surface area is 422 Å². The fraction of sp³-hybridized carbons (Fsp3) is 0.714. The molecule has 0 amide bonds. The molecule has 0 bridgehead atoms. The molecular weight excluding hydrogens is 837 g/mol. The van der Waals surface area contributed by atoms with Gasteiger partial charge in [-0.3, -0.25) is 9.59 Å². The van der Waals surface area contributed by atoms with Crippen LogP contribution in [-0.4, -0.2) is 37.9 Å². The van der Waals surface area contributed by atoms with E-state index in [1.807, 2.05) is 0 Å². The van der Waals surface area contributed by atoms with E-state index >= 15 is 0 Å². The van der Waals surface area contributed by atoms with Crippen molar-refractivity contribution >= 4 is 11.9 Å². The summed E-state index contributed by atoms with van der Waals surface area (Å²) in [5.74, 6) is -0.494. The Morgan fingerprint density at radius 1 is 0.324 bits per heavy atom. The Bertz CT molecular complexity index is 1300. The van der Waals surface area contributed by atoms with Gasteiger partial charge in [-0.2, -0.15) is 0 Å². The van der Waals surface area contributed by atoms with Crippen LogP contribution in [-0.2, 0) is 23.8 Å². The molecule has 0 heterocycles. The van der Waals surface area contributed by atoms with Crippen molar-refractivity contribution in [3.05, 3.63) is 97.2 Å². The average Bonchev–Trinajstić information content (AvgIpc) is 3.34. The molecule has 0 rings (SSSR count). The quantitative estimate of drug-likeness (QED) is 0.0345. The summed E-state index contributed by atoms with van der Waals surface area (Å²) in [6.07, 6.45) is 78.6. The van der Waals surface area contributed by atoms with E-state index in [4.69, 9.17) is 14.2 Å². The zero-order chi connectivity index (χ0) is 49.2. The fourth-order valence-corrected chi connectivity index (χ4v) is 7.78. The molecular formula is C63H108O5. The third kappa shape index (κ3) is 55.4. The van der Waals surface area contributed by atoms with E-state index in [0.717, 1.165) is 89.9 Å². The lowest BCUT2D eigenvalue weighted by molar-refractivity contribution is -0.163. The minimum absolute atomic E-state index is 0.0416. The molecule has 390 valence electrons. The highest BCUT2D eigenvalue weighted by molar-refractivity contribution is 5.70. The van der Waals surface area contributed by atoms with Crippen LogP contribution in [0.1, 0.15) is 265 Å². The zero-order valence-corrected chi connectivity index (χ0v) is 44.8. The van der Waals surface area contributed by atoms with Gasteiger partial charge in [0, 0.05) is 19.4 Å². The van der Waals surface area contributed by atoms with Crippen molar-refractivity contribution in [2.45, 2.75) is 271 Å². The molecule has 0 radical (unpaired) electrons. The van der Waals surface area contributed by atoms with Crippen LogP contribution in [0.15, 0.2) is 97.2 Å².